The fourth-order valence-corrected chi connectivity index (χ4v) is 8.09. The Hall–Kier alpha value is -3.85. The predicted octanol–water partition coefficient (Wildman–Crippen LogP) is 11.5. The van der Waals surface area contributed by atoms with E-state index in [0.29, 0.717) is 42.8 Å². The van der Waals surface area contributed by atoms with Crippen molar-refractivity contribution >= 4 is 45.9 Å². The van der Waals surface area contributed by atoms with E-state index < -0.39 is 0 Å². The number of hydrogen-bond acceptors (Lipinski definition) is 8. The number of nitrogens with one attached hydrogen (secondary N) is 1. The lowest BCUT2D eigenvalue weighted by Crippen LogP contribution is -2.30. The monoisotopic (exact) mass is 833 g/mol. The minimum Gasteiger partial charge on any atom is -0.490 e. The third-order valence-corrected chi connectivity index (χ3v) is 11.6. The molecule has 2 fully saturated rings. The van der Waals surface area contributed by atoms with E-state index in [9.17, 15) is 9.59 Å². The van der Waals surface area contributed by atoms with Crippen molar-refractivity contribution in [1.82, 2.24) is 5.32 Å². The summed E-state index contributed by atoms with van der Waals surface area (Å²) < 4.78 is 21.9. The van der Waals surface area contributed by atoms with Crippen molar-refractivity contribution < 1.29 is 28.5 Å². The van der Waals surface area contributed by atoms with Crippen LogP contribution in [0.1, 0.15) is 118 Å². The van der Waals surface area contributed by atoms with E-state index in [-0.39, 0.29) is 37.4 Å². The molecule has 0 atom stereocenters. The molecule has 326 valence electrons. The molecule has 59 heavy (non-hydrogen) atoms. The summed E-state index contributed by atoms with van der Waals surface area (Å²) in [7, 11) is 0. The first-order chi connectivity index (χ1) is 27.6. The summed E-state index contributed by atoms with van der Waals surface area (Å²) in [6, 6.07) is 25.8. The van der Waals surface area contributed by atoms with Crippen molar-refractivity contribution in [2.45, 2.75) is 132 Å². The maximum atomic E-state index is 11.4. The summed E-state index contributed by atoms with van der Waals surface area (Å²) in [5, 5.41) is 8.06. The largest absolute Gasteiger partial charge is 0.490 e. The molecule has 0 aromatic heterocycles. The van der Waals surface area contributed by atoms with Crippen molar-refractivity contribution in [3.05, 3.63) is 83.9 Å². The molecule has 2 saturated carbocycles. The van der Waals surface area contributed by atoms with Crippen LogP contribution >= 0.6 is 12.4 Å². The van der Waals surface area contributed by atoms with Crippen LogP contribution in [-0.4, -0.2) is 50.4 Å². The second kappa shape index (κ2) is 23.8. The maximum absolute atomic E-state index is 11.4. The number of hydrogen-bond donors (Lipinski definition) is 2. The maximum Gasteiger partial charge on any atom is 0.319 e. The zero-order chi connectivity index (χ0) is 42.3. The molecule has 6 rings (SSSR count). The summed E-state index contributed by atoms with van der Waals surface area (Å²) in [4.78, 5) is 21.5. The SMILES string of the molecule is CCOC(=O)CN.CCOC(=O)CNCc1ccc2cc(OC3CCC(C(C)(C)C)CC3)ccc2c1.Cc1ccc2cc(OC3CCC(C(C)(C)C)CC3)ccc2c1.Cl. The number of nitrogens with two attached hydrogens (primary N) is 1. The lowest BCUT2D eigenvalue weighted by molar-refractivity contribution is -0.142. The van der Waals surface area contributed by atoms with Crippen molar-refractivity contribution in [3.8, 4) is 11.5 Å². The highest BCUT2D eigenvalue weighted by molar-refractivity contribution is 5.86. The predicted molar refractivity (Wildman–Crippen MR) is 246 cm³/mol. The number of aryl methyl sites for hydroxylation is 1. The summed E-state index contributed by atoms with van der Waals surface area (Å²) in [6.07, 6.45) is 10.5. The van der Waals surface area contributed by atoms with E-state index in [2.05, 4.69) is 131 Å². The molecule has 0 unspecified atom stereocenters. The van der Waals surface area contributed by atoms with Gasteiger partial charge in [-0.15, -0.1) is 12.4 Å². The van der Waals surface area contributed by atoms with Gasteiger partial charge in [-0.05, 0) is 152 Å². The highest BCUT2D eigenvalue weighted by Gasteiger charge is 2.31. The second-order valence-electron chi connectivity index (χ2n) is 18.2. The van der Waals surface area contributed by atoms with Crippen molar-refractivity contribution in [2.24, 2.45) is 28.4 Å². The molecule has 8 nitrogen and oxygen atoms in total. The molecular formula is C50H73ClN2O6. The van der Waals surface area contributed by atoms with E-state index in [1.165, 1.54) is 65.6 Å². The van der Waals surface area contributed by atoms with Crippen LogP contribution in [0.5, 0.6) is 11.5 Å². The van der Waals surface area contributed by atoms with Gasteiger partial charge in [0.25, 0.3) is 0 Å². The smallest absolute Gasteiger partial charge is 0.319 e. The quantitative estimate of drug-likeness (QED) is 0.144. The molecule has 0 bridgehead atoms. The first kappa shape index (κ1) is 49.5. The van der Waals surface area contributed by atoms with Gasteiger partial charge in [0.05, 0.1) is 38.5 Å². The van der Waals surface area contributed by atoms with E-state index in [0.717, 1.165) is 41.7 Å². The van der Waals surface area contributed by atoms with Crippen molar-refractivity contribution in [2.75, 3.05) is 26.3 Å². The van der Waals surface area contributed by atoms with Gasteiger partial charge in [-0.2, -0.15) is 0 Å². The number of carbonyl (C=O) groups is 2. The Balaban J connectivity index is 0.000000274. The van der Waals surface area contributed by atoms with Crippen LogP contribution in [0.4, 0.5) is 0 Å². The molecule has 2 aliphatic rings. The van der Waals surface area contributed by atoms with Gasteiger partial charge in [0.15, 0.2) is 0 Å². The zero-order valence-electron chi connectivity index (χ0n) is 37.4. The first-order valence-electron chi connectivity index (χ1n) is 21.7. The molecule has 3 N–H and O–H groups in total. The number of rotatable bonds is 11. The topological polar surface area (TPSA) is 109 Å². The zero-order valence-corrected chi connectivity index (χ0v) is 38.2. The number of ether oxygens (including phenoxy) is 4. The van der Waals surface area contributed by atoms with Crippen LogP contribution in [0.3, 0.4) is 0 Å². The molecule has 0 radical (unpaired) electrons. The summed E-state index contributed by atoms with van der Waals surface area (Å²) in [5.41, 5.74) is 8.18. The van der Waals surface area contributed by atoms with Gasteiger partial charge < -0.3 is 30.0 Å². The average molecular weight is 834 g/mol. The lowest BCUT2D eigenvalue weighted by atomic mass is 9.72. The molecule has 4 aromatic carbocycles. The molecule has 0 saturated heterocycles. The van der Waals surface area contributed by atoms with Crippen LogP contribution in [0.25, 0.3) is 21.5 Å². The highest BCUT2D eigenvalue weighted by atomic mass is 35.5. The Labute approximate surface area is 361 Å². The molecule has 9 heteroatoms. The Morgan fingerprint density at radius 1 is 0.610 bits per heavy atom. The summed E-state index contributed by atoms with van der Waals surface area (Å²) >= 11 is 0. The molecule has 4 aromatic rings. The van der Waals surface area contributed by atoms with Crippen LogP contribution in [-0.2, 0) is 25.6 Å². The number of esters is 2. The molecule has 0 heterocycles. The lowest BCUT2D eigenvalue weighted by Gasteiger charge is -2.37. The van der Waals surface area contributed by atoms with E-state index >= 15 is 0 Å². The van der Waals surface area contributed by atoms with Gasteiger partial charge in [-0.3, -0.25) is 9.59 Å². The number of fused-ring (bicyclic) bond motifs is 2. The standard InChI is InChI=1S/C25H35NO3.C21H28O.C4H9NO2.ClH/c1-5-28-24(27)17-26-16-18-6-7-20-15-23(11-8-19(20)14-18)29-22-12-9-21(10-13-22)25(2,3)4;1-15-5-6-17-14-20(10-7-16(17)13-15)22-19-11-8-18(9-12-19)21(2,3)4;1-2-7-4(6)3-5;/h6-8,11,14-15,21-22,26H,5,9-10,12-13,16-17H2,1-4H3;5-7,10,13-14,18-19H,8-9,11-12H2,1-4H3;2-3,5H2,1H3;1H. The Morgan fingerprint density at radius 2 is 1.03 bits per heavy atom. The Morgan fingerprint density at radius 3 is 1.47 bits per heavy atom. The third kappa shape index (κ3) is 16.6. The molecule has 2 aliphatic carbocycles. The van der Waals surface area contributed by atoms with E-state index in [1.807, 2.05) is 6.92 Å². The molecular weight excluding hydrogens is 760 g/mol. The van der Waals surface area contributed by atoms with Crippen LogP contribution in [0.2, 0.25) is 0 Å². The average Bonchev–Trinajstić information content (AvgIpc) is 3.18. The highest BCUT2D eigenvalue weighted by Crippen LogP contribution is 2.40. The molecule has 0 spiro atoms. The molecule has 0 amide bonds. The fraction of sp³-hybridized carbons (Fsp3) is 0.560. The fourth-order valence-electron chi connectivity index (χ4n) is 8.09. The minimum atomic E-state index is -0.345. The Kier molecular flexibility index (Phi) is 20.0. The second-order valence-corrected chi connectivity index (χ2v) is 18.2. The normalized spacial score (nSPS) is 19.2. The van der Waals surface area contributed by atoms with Crippen molar-refractivity contribution in [1.29, 1.82) is 0 Å². The van der Waals surface area contributed by atoms with Gasteiger partial charge in [0.2, 0.25) is 0 Å². The summed E-state index contributed by atoms with van der Waals surface area (Å²) in [5.74, 6) is 3.07. The summed E-state index contributed by atoms with van der Waals surface area (Å²) in [6.45, 7) is 21.5. The van der Waals surface area contributed by atoms with Gasteiger partial charge >= 0.3 is 11.9 Å². The van der Waals surface area contributed by atoms with Crippen LogP contribution in [0, 0.1) is 29.6 Å². The molecule has 0 aliphatic heterocycles. The first-order valence-corrected chi connectivity index (χ1v) is 21.7. The van der Waals surface area contributed by atoms with Crippen molar-refractivity contribution in [3.63, 3.8) is 0 Å². The van der Waals surface area contributed by atoms with Crippen LogP contribution in [0.15, 0.2) is 72.8 Å². The van der Waals surface area contributed by atoms with Crippen LogP contribution < -0.4 is 20.5 Å². The van der Waals surface area contributed by atoms with E-state index in [4.69, 9.17) is 19.9 Å². The van der Waals surface area contributed by atoms with Gasteiger partial charge in [-0.25, -0.2) is 0 Å². The number of halogens is 1. The van der Waals surface area contributed by atoms with Gasteiger partial charge in [0, 0.05) is 6.54 Å². The van der Waals surface area contributed by atoms with E-state index in [1.54, 1.807) is 6.92 Å². The number of benzene rings is 4. The number of carbonyl (C=O) groups excluding carboxylic acids is 2. The third-order valence-electron chi connectivity index (χ3n) is 11.6. The van der Waals surface area contributed by atoms with Gasteiger partial charge in [0.1, 0.15) is 11.5 Å². The van der Waals surface area contributed by atoms with Gasteiger partial charge in [-0.1, -0.05) is 89.6 Å². The minimum absolute atomic E-state index is 0. The Bertz CT molecular complexity index is 1880.